The van der Waals surface area contributed by atoms with Crippen LogP contribution in [0.2, 0.25) is 0 Å². The first-order valence-corrected chi connectivity index (χ1v) is 5.55. The fourth-order valence-corrected chi connectivity index (χ4v) is 1.86. The minimum atomic E-state index is -4.55. The molecule has 1 saturated heterocycles. The molecule has 0 spiro atoms. The maximum Gasteiger partial charge on any atom is 0.417 e. The molecule has 1 amide bonds. The Morgan fingerprint density at radius 1 is 1.33 bits per heavy atom. The van der Waals surface area contributed by atoms with E-state index in [2.05, 4.69) is 10.4 Å². The summed E-state index contributed by atoms with van der Waals surface area (Å²) in [6, 6.07) is 0.804. The van der Waals surface area contributed by atoms with Gasteiger partial charge in [0.05, 0.1) is 11.1 Å². The van der Waals surface area contributed by atoms with Crippen LogP contribution < -0.4 is 5.43 Å². The largest absolute Gasteiger partial charge is 0.417 e. The molecular formula is C11H12F3N3O. The molecule has 18 heavy (non-hydrogen) atoms. The molecule has 1 aromatic heterocycles. The predicted molar refractivity (Wildman–Crippen MR) is 57.5 cm³/mol. The first-order valence-electron chi connectivity index (χ1n) is 5.55. The smallest absolute Gasteiger partial charge is 0.285 e. The average Bonchev–Trinajstić information content (AvgIpc) is 2.80. The van der Waals surface area contributed by atoms with E-state index in [-0.39, 0.29) is 0 Å². The summed E-state index contributed by atoms with van der Waals surface area (Å²) in [5.41, 5.74) is 1.05. The summed E-state index contributed by atoms with van der Waals surface area (Å²) in [5.74, 6) is -0.766. The van der Waals surface area contributed by atoms with Crippen LogP contribution in [0.25, 0.3) is 0 Å². The van der Waals surface area contributed by atoms with Crippen LogP contribution in [0.3, 0.4) is 0 Å². The molecule has 7 heteroatoms. The molecule has 1 fully saturated rings. The zero-order valence-corrected chi connectivity index (χ0v) is 9.50. The lowest BCUT2D eigenvalue weighted by atomic mass is 10.1. The van der Waals surface area contributed by atoms with Gasteiger partial charge in [0, 0.05) is 25.5 Å². The van der Waals surface area contributed by atoms with Crippen LogP contribution in [0.1, 0.15) is 28.8 Å². The summed E-state index contributed by atoms with van der Waals surface area (Å²) < 4.78 is 38.1. The number of pyridine rings is 1. The number of nitrogens with one attached hydrogen (secondary N) is 1. The first kappa shape index (κ1) is 12.8. The number of aromatic nitrogens is 1. The second kappa shape index (κ2) is 4.93. The van der Waals surface area contributed by atoms with Crippen LogP contribution >= 0.6 is 0 Å². The zero-order valence-electron chi connectivity index (χ0n) is 9.50. The van der Waals surface area contributed by atoms with Crippen molar-refractivity contribution in [2.45, 2.75) is 19.0 Å². The van der Waals surface area contributed by atoms with Gasteiger partial charge in [0.25, 0.3) is 5.91 Å². The Morgan fingerprint density at radius 2 is 2.00 bits per heavy atom. The topological polar surface area (TPSA) is 45.2 Å². The molecule has 2 rings (SSSR count). The molecule has 2 heterocycles. The van der Waals surface area contributed by atoms with Crippen molar-refractivity contribution >= 4 is 5.91 Å². The minimum absolute atomic E-state index is 0.447. The second-order valence-corrected chi connectivity index (χ2v) is 4.05. The van der Waals surface area contributed by atoms with Crippen LogP contribution in [0.4, 0.5) is 13.2 Å². The lowest BCUT2D eigenvalue weighted by Gasteiger charge is -2.18. The molecule has 0 unspecified atom stereocenters. The number of amides is 1. The molecule has 98 valence electrons. The average molecular weight is 259 g/mol. The van der Waals surface area contributed by atoms with E-state index in [4.69, 9.17) is 0 Å². The Kier molecular flexibility index (Phi) is 3.51. The number of rotatable bonds is 2. The van der Waals surface area contributed by atoms with E-state index < -0.39 is 23.2 Å². The number of nitrogens with zero attached hydrogens (tertiary/aromatic N) is 2. The van der Waals surface area contributed by atoms with Crippen LogP contribution in [-0.2, 0) is 6.18 Å². The third-order valence-electron chi connectivity index (χ3n) is 2.74. The van der Waals surface area contributed by atoms with Crippen LogP contribution in [0.15, 0.2) is 18.5 Å². The van der Waals surface area contributed by atoms with E-state index in [1.807, 2.05) is 0 Å². The highest BCUT2D eigenvalue weighted by Crippen LogP contribution is 2.31. The van der Waals surface area contributed by atoms with Crippen molar-refractivity contribution in [1.82, 2.24) is 15.4 Å². The van der Waals surface area contributed by atoms with Crippen molar-refractivity contribution in [1.29, 1.82) is 0 Å². The van der Waals surface area contributed by atoms with Gasteiger partial charge in [-0.1, -0.05) is 0 Å². The van der Waals surface area contributed by atoms with E-state index in [1.54, 1.807) is 5.01 Å². The lowest BCUT2D eigenvalue weighted by molar-refractivity contribution is -0.138. The third-order valence-corrected chi connectivity index (χ3v) is 2.74. The Morgan fingerprint density at radius 3 is 2.61 bits per heavy atom. The quantitative estimate of drug-likeness (QED) is 0.881. The highest BCUT2D eigenvalue weighted by Gasteiger charge is 2.35. The van der Waals surface area contributed by atoms with Gasteiger partial charge in [-0.25, -0.2) is 5.01 Å². The molecule has 1 N–H and O–H groups in total. The number of carbonyl (C=O) groups is 1. The molecule has 1 aliphatic heterocycles. The fraction of sp³-hybridized carbons (Fsp3) is 0.455. The van der Waals surface area contributed by atoms with Crippen LogP contribution in [-0.4, -0.2) is 29.0 Å². The number of halogens is 3. The van der Waals surface area contributed by atoms with E-state index >= 15 is 0 Å². The normalized spacial score (nSPS) is 16.8. The lowest BCUT2D eigenvalue weighted by Crippen LogP contribution is -2.40. The van der Waals surface area contributed by atoms with Crippen molar-refractivity contribution in [2.24, 2.45) is 0 Å². The van der Waals surface area contributed by atoms with Gasteiger partial charge in [-0.05, 0) is 18.9 Å². The standard InChI is InChI=1S/C11H12F3N3O/c12-11(13,14)9-3-4-15-7-8(9)10(18)16-17-5-1-2-6-17/h3-4,7H,1-2,5-6H2,(H,16,18). The number of carbonyl (C=O) groups excluding carboxylic acids is 1. The molecule has 0 atom stereocenters. The Hall–Kier alpha value is -1.63. The van der Waals surface area contributed by atoms with Crippen LogP contribution in [0, 0.1) is 0 Å². The highest BCUT2D eigenvalue weighted by atomic mass is 19.4. The summed E-state index contributed by atoms with van der Waals surface area (Å²) >= 11 is 0. The maximum atomic E-state index is 12.7. The minimum Gasteiger partial charge on any atom is -0.285 e. The Balaban J connectivity index is 2.19. The monoisotopic (exact) mass is 259 g/mol. The second-order valence-electron chi connectivity index (χ2n) is 4.05. The van der Waals surface area contributed by atoms with Crippen molar-refractivity contribution in [3.05, 3.63) is 29.6 Å². The summed E-state index contributed by atoms with van der Waals surface area (Å²) in [5, 5.41) is 1.62. The van der Waals surface area contributed by atoms with E-state index in [0.29, 0.717) is 13.1 Å². The molecule has 0 radical (unpaired) electrons. The van der Waals surface area contributed by atoms with Crippen molar-refractivity contribution in [3.8, 4) is 0 Å². The predicted octanol–water partition coefficient (Wildman–Crippen LogP) is 1.84. The van der Waals surface area contributed by atoms with E-state index in [1.165, 1.54) is 0 Å². The van der Waals surface area contributed by atoms with Crippen molar-refractivity contribution < 1.29 is 18.0 Å². The summed E-state index contributed by atoms with van der Waals surface area (Å²) in [6.45, 7) is 1.32. The molecule has 0 aliphatic carbocycles. The van der Waals surface area contributed by atoms with Gasteiger partial charge in [0.2, 0.25) is 0 Å². The van der Waals surface area contributed by atoms with Gasteiger partial charge in [-0.3, -0.25) is 15.2 Å². The van der Waals surface area contributed by atoms with Gasteiger partial charge >= 0.3 is 6.18 Å². The molecule has 1 aromatic rings. The first-order chi connectivity index (χ1) is 8.48. The highest BCUT2D eigenvalue weighted by molar-refractivity contribution is 5.95. The molecule has 1 aliphatic rings. The van der Waals surface area contributed by atoms with E-state index in [0.717, 1.165) is 31.3 Å². The molecular weight excluding hydrogens is 247 g/mol. The van der Waals surface area contributed by atoms with E-state index in [9.17, 15) is 18.0 Å². The van der Waals surface area contributed by atoms with Crippen molar-refractivity contribution in [2.75, 3.05) is 13.1 Å². The summed E-state index contributed by atoms with van der Waals surface area (Å²) in [4.78, 5) is 15.4. The summed E-state index contributed by atoms with van der Waals surface area (Å²) in [7, 11) is 0. The molecule has 4 nitrogen and oxygen atoms in total. The third kappa shape index (κ3) is 2.79. The van der Waals surface area contributed by atoms with Gasteiger partial charge in [-0.15, -0.1) is 0 Å². The summed E-state index contributed by atoms with van der Waals surface area (Å²) in [6.07, 6.45) is -0.733. The Bertz CT molecular complexity index is 441. The number of hydrogen-bond acceptors (Lipinski definition) is 3. The molecule has 0 bridgehead atoms. The molecule has 0 aromatic carbocycles. The fourth-order valence-electron chi connectivity index (χ4n) is 1.86. The van der Waals surface area contributed by atoms with Gasteiger partial charge in [0.15, 0.2) is 0 Å². The number of hydrogen-bond donors (Lipinski definition) is 1. The number of hydrazine groups is 1. The van der Waals surface area contributed by atoms with Crippen molar-refractivity contribution in [3.63, 3.8) is 0 Å². The SMILES string of the molecule is O=C(NN1CCCC1)c1cnccc1C(F)(F)F. The zero-order chi connectivity index (χ0) is 13.2. The van der Waals surface area contributed by atoms with Gasteiger partial charge < -0.3 is 0 Å². The van der Waals surface area contributed by atoms with Gasteiger partial charge in [0.1, 0.15) is 0 Å². The molecule has 0 saturated carbocycles. The Labute approximate surface area is 102 Å². The number of alkyl halides is 3. The van der Waals surface area contributed by atoms with Crippen LogP contribution in [0.5, 0.6) is 0 Å². The van der Waals surface area contributed by atoms with Gasteiger partial charge in [-0.2, -0.15) is 13.2 Å². The maximum absolute atomic E-state index is 12.7.